The average molecular weight is 395 g/mol. The molecule has 0 aliphatic carbocycles. The molecular formula is C20H25N7O2. The molecule has 0 saturated carbocycles. The highest BCUT2D eigenvalue weighted by Gasteiger charge is 2.10. The summed E-state index contributed by atoms with van der Waals surface area (Å²) in [4.78, 5) is 20.8. The number of hydrogen-bond donors (Lipinski definition) is 3. The Morgan fingerprint density at radius 3 is 2.59 bits per heavy atom. The summed E-state index contributed by atoms with van der Waals surface area (Å²) < 4.78 is 1.57. The van der Waals surface area contributed by atoms with Gasteiger partial charge in [0.2, 0.25) is 5.95 Å². The van der Waals surface area contributed by atoms with Gasteiger partial charge < -0.3 is 15.7 Å². The maximum atomic E-state index is 12.2. The quantitative estimate of drug-likeness (QED) is 0.500. The van der Waals surface area contributed by atoms with Crippen molar-refractivity contribution < 1.29 is 5.11 Å². The molecule has 0 aromatic carbocycles. The van der Waals surface area contributed by atoms with Crippen molar-refractivity contribution in [3.05, 3.63) is 64.5 Å². The number of aryl methyl sites for hydroxylation is 2. The average Bonchev–Trinajstić information content (AvgIpc) is 2.74. The molecule has 0 radical (unpaired) electrons. The van der Waals surface area contributed by atoms with Crippen LogP contribution in [0.2, 0.25) is 0 Å². The number of pyridine rings is 2. The van der Waals surface area contributed by atoms with Crippen LogP contribution in [0, 0.1) is 19.8 Å². The Morgan fingerprint density at radius 1 is 1.07 bits per heavy atom. The fraction of sp³-hybridized carbons (Fsp3) is 0.350. The first kappa shape index (κ1) is 20.4. The van der Waals surface area contributed by atoms with Gasteiger partial charge in [-0.3, -0.25) is 9.36 Å². The van der Waals surface area contributed by atoms with Crippen molar-refractivity contribution in [2.75, 3.05) is 30.3 Å². The zero-order chi connectivity index (χ0) is 20.6. The van der Waals surface area contributed by atoms with E-state index in [1.54, 1.807) is 36.1 Å². The van der Waals surface area contributed by atoms with Gasteiger partial charge in [0.1, 0.15) is 5.82 Å². The SMILES string of the molecule is Cc1cnc(NCC(CCO)CNc2ccc(-n3cccc(C)c3=O)cn2)nn1. The van der Waals surface area contributed by atoms with E-state index in [1.165, 1.54) is 0 Å². The number of hydrogen-bond acceptors (Lipinski definition) is 8. The molecule has 0 aliphatic heterocycles. The monoisotopic (exact) mass is 395 g/mol. The Labute approximate surface area is 168 Å². The second-order valence-corrected chi connectivity index (χ2v) is 6.83. The summed E-state index contributed by atoms with van der Waals surface area (Å²) in [6, 6.07) is 7.31. The van der Waals surface area contributed by atoms with Gasteiger partial charge in [-0.1, -0.05) is 6.07 Å². The van der Waals surface area contributed by atoms with Crippen molar-refractivity contribution in [1.82, 2.24) is 24.7 Å². The Kier molecular flexibility index (Phi) is 6.85. The first-order valence-electron chi connectivity index (χ1n) is 9.46. The minimum Gasteiger partial charge on any atom is -0.396 e. The highest BCUT2D eigenvalue weighted by atomic mass is 16.3. The van der Waals surface area contributed by atoms with E-state index < -0.39 is 0 Å². The second-order valence-electron chi connectivity index (χ2n) is 6.83. The van der Waals surface area contributed by atoms with Crippen LogP contribution in [0.25, 0.3) is 5.69 Å². The molecule has 3 rings (SSSR count). The van der Waals surface area contributed by atoms with E-state index >= 15 is 0 Å². The Hall–Kier alpha value is -3.33. The molecule has 152 valence electrons. The van der Waals surface area contributed by atoms with E-state index in [0.717, 1.165) is 5.69 Å². The standard InChI is InChI=1S/C20H25N7O2/c1-14-4-3-8-27(19(14)29)17-5-6-18(22-13-17)21-11-16(7-9-28)12-24-20-23-10-15(2)25-26-20/h3-6,8,10,13,16,28H,7,9,11-12H2,1-2H3,(H,21,22)(H,23,24,26). The third-order valence-electron chi connectivity index (χ3n) is 4.50. The lowest BCUT2D eigenvalue weighted by Gasteiger charge is -2.17. The zero-order valence-electron chi connectivity index (χ0n) is 16.5. The summed E-state index contributed by atoms with van der Waals surface area (Å²) in [5, 5.41) is 23.7. The van der Waals surface area contributed by atoms with Gasteiger partial charge in [0, 0.05) is 31.5 Å². The molecule has 9 nitrogen and oxygen atoms in total. The molecule has 3 aromatic rings. The van der Waals surface area contributed by atoms with Crippen molar-refractivity contribution in [1.29, 1.82) is 0 Å². The molecule has 3 aromatic heterocycles. The van der Waals surface area contributed by atoms with Crippen LogP contribution in [0.4, 0.5) is 11.8 Å². The van der Waals surface area contributed by atoms with Gasteiger partial charge >= 0.3 is 0 Å². The molecule has 1 atom stereocenters. The molecule has 0 bridgehead atoms. The van der Waals surface area contributed by atoms with Crippen LogP contribution in [-0.4, -0.2) is 49.5 Å². The number of nitrogens with one attached hydrogen (secondary N) is 2. The third-order valence-corrected chi connectivity index (χ3v) is 4.50. The predicted octanol–water partition coefficient (Wildman–Crippen LogP) is 1.56. The molecule has 0 saturated heterocycles. The molecule has 0 spiro atoms. The maximum Gasteiger partial charge on any atom is 0.258 e. The number of anilines is 2. The van der Waals surface area contributed by atoms with Crippen LogP contribution in [0.3, 0.4) is 0 Å². The molecule has 3 heterocycles. The van der Waals surface area contributed by atoms with Crippen LogP contribution in [0.1, 0.15) is 17.7 Å². The minimum absolute atomic E-state index is 0.0584. The lowest BCUT2D eigenvalue weighted by atomic mass is 10.1. The molecule has 3 N–H and O–H groups in total. The zero-order valence-corrected chi connectivity index (χ0v) is 16.5. The number of rotatable bonds is 9. The van der Waals surface area contributed by atoms with Gasteiger partial charge in [-0.05, 0) is 44.4 Å². The minimum atomic E-state index is -0.0584. The molecule has 0 aliphatic rings. The first-order valence-corrected chi connectivity index (χ1v) is 9.46. The van der Waals surface area contributed by atoms with Gasteiger partial charge in [0.05, 0.1) is 23.8 Å². The molecule has 9 heteroatoms. The van der Waals surface area contributed by atoms with Gasteiger partial charge in [0.25, 0.3) is 5.56 Å². The fourth-order valence-corrected chi connectivity index (χ4v) is 2.80. The van der Waals surface area contributed by atoms with Crippen LogP contribution < -0.4 is 16.2 Å². The van der Waals surface area contributed by atoms with E-state index in [0.29, 0.717) is 42.5 Å². The van der Waals surface area contributed by atoms with Gasteiger partial charge in [-0.15, -0.1) is 5.10 Å². The van der Waals surface area contributed by atoms with E-state index in [2.05, 4.69) is 30.8 Å². The first-order chi connectivity index (χ1) is 14.1. The highest BCUT2D eigenvalue weighted by molar-refractivity contribution is 5.41. The largest absolute Gasteiger partial charge is 0.396 e. The van der Waals surface area contributed by atoms with E-state index in [1.807, 2.05) is 25.1 Å². The molecule has 29 heavy (non-hydrogen) atoms. The van der Waals surface area contributed by atoms with Crippen LogP contribution in [0.5, 0.6) is 0 Å². The van der Waals surface area contributed by atoms with E-state index in [9.17, 15) is 9.90 Å². The lowest BCUT2D eigenvalue weighted by molar-refractivity contribution is 0.263. The number of aliphatic hydroxyl groups excluding tert-OH is 1. The lowest BCUT2D eigenvalue weighted by Crippen LogP contribution is -2.25. The summed E-state index contributed by atoms with van der Waals surface area (Å²) >= 11 is 0. The predicted molar refractivity (Wildman–Crippen MR) is 111 cm³/mol. The van der Waals surface area contributed by atoms with Crippen molar-refractivity contribution in [3.8, 4) is 5.69 Å². The number of aliphatic hydroxyl groups is 1. The van der Waals surface area contributed by atoms with Crippen LogP contribution in [-0.2, 0) is 0 Å². The number of aromatic nitrogens is 5. The maximum absolute atomic E-state index is 12.2. The second kappa shape index (κ2) is 9.74. The summed E-state index contributed by atoms with van der Waals surface area (Å²) in [5.41, 5.74) is 2.09. The summed E-state index contributed by atoms with van der Waals surface area (Å²) in [7, 11) is 0. The third kappa shape index (κ3) is 5.58. The number of nitrogens with zero attached hydrogens (tertiary/aromatic N) is 5. The van der Waals surface area contributed by atoms with E-state index in [4.69, 9.17) is 0 Å². The summed E-state index contributed by atoms with van der Waals surface area (Å²) in [6.45, 7) is 4.91. The van der Waals surface area contributed by atoms with Crippen LogP contribution >= 0.6 is 0 Å². The Morgan fingerprint density at radius 2 is 1.90 bits per heavy atom. The van der Waals surface area contributed by atoms with Crippen LogP contribution in [0.15, 0.2) is 47.7 Å². The topological polar surface area (TPSA) is 118 Å². The van der Waals surface area contributed by atoms with Gasteiger partial charge in [0.15, 0.2) is 0 Å². The van der Waals surface area contributed by atoms with Gasteiger partial charge in [-0.2, -0.15) is 5.10 Å². The summed E-state index contributed by atoms with van der Waals surface area (Å²) in [6.07, 6.45) is 5.66. The Balaban J connectivity index is 1.58. The van der Waals surface area contributed by atoms with Crippen molar-refractivity contribution in [2.24, 2.45) is 5.92 Å². The molecule has 0 fully saturated rings. The fourth-order valence-electron chi connectivity index (χ4n) is 2.80. The van der Waals surface area contributed by atoms with E-state index in [-0.39, 0.29) is 18.1 Å². The normalized spacial score (nSPS) is 11.8. The molecule has 0 amide bonds. The van der Waals surface area contributed by atoms with Crippen molar-refractivity contribution >= 4 is 11.8 Å². The molecular weight excluding hydrogens is 370 g/mol. The van der Waals surface area contributed by atoms with Crippen molar-refractivity contribution in [3.63, 3.8) is 0 Å². The van der Waals surface area contributed by atoms with Crippen molar-refractivity contribution in [2.45, 2.75) is 20.3 Å². The smallest absolute Gasteiger partial charge is 0.258 e. The Bertz CT molecular complexity index is 971. The summed E-state index contributed by atoms with van der Waals surface area (Å²) in [5.74, 6) is 1.31. The molecule has 1 unspecified atom stereocenters. The van der Waals surface area contributed by atoms with Gasteiger partial charge in [-0.25, -0.2) is 9.97 Å². The highest BCUT2D eigenvalue weighted by Crippen LogP contribution is 2.11.